The number of rotatable bonds is 2. The quantitative estimate of drug-likeness (QED) is 0.455. The number of carbonyl (C=O) groups excluding carboxylic acids is 4. The van der Waals surface area contributed by atoms with E-state index in [0.29, 0.717) is 5.57 Å². The molecule has 2 aromatic carbocycles. The molecule has 196 valence electrons. The minimum absolute atomic E-state index is 0.0888. The van der Waals surface area contributed by atoms with Crippen LogP contribution in [0.25, 0.3) is 0 Å². The molecule has 6 unspecified atom stereocenters. The van der Waals surface area contributed by atoms with E-state index < -0.39 is 64.2 Å². The maximum atomic E-state index is 14.6. The third-order valence-electron chi connectivity index (χ3n) is 8.99. The largest absolute Gasteiger partial charge is 0.505 e. The Bertz CT molecular complexity index is 1490. The molecule has 0 aromatic heterocycles. The molecule has 2 saturated heterocycles. The summed E-state index contributed by atoms with van der Waals surface area (Å²) < 4.78 is 28.5. The van der Waals surface area contributed by atoms with E-state index >= 15 is 0 Å². The Morgan fingerprint density at radius 3 is 2.45 bits per heavy atom. The summed E-state index contributed by atoms with van der Waals surface area (Å²) in [6.07, 6.45) is 2.17. The van der Waals surface area contributed by atoms with Crippen molar-refractivity contribution in [2.75, 3.05) is 11.9 Å². The summed E-state index contributed by atoms with van der Waals surface area (Å²) in [6, 6.07) is 7.54. The van der Waals surface area contributed by atoms with Crippen LogP contribution in [0.1, 0.15) is 31.2 Å². The second-order valence-electron chi connectivity index (χ2n) is 10.7. The van der Waals surface area contributed by atoms with Crippen LogP contribution in [-0.4, -0.2) is 40.7 Å². The summed E-state index contributed by atoms with van der Waals surface area (Å²) in [6.45, 7) is 1.61. The molecule has 0 radical (unpaired) electrons. The third kappa shape index (κ3) is 3.05. The molecule has 1 N–H and O–H groups in total. The molecule has 0 spiro atoms. The molecule has 7 nitrogen and oxygen atoms in total. The lowest BCUT2D eigenvalue weighted by molar-refractivity contribution is -0.138. The highest BCUT2D eigenvalue weighted by Crippen LogP contribution is 2.64. The number of allylic oxidation sites excluding steroid dienone is 2. The van der Waals surface area contributed by atoms with Gasteiger partial charge >= 0.3 is 0 Å². The Morgan fingerprint density at radius 1 is 1.00 bits per heavy atom. The number of phenols is 1. The predicted octanol–water partition coefficient (Wildman–Crippen LogP) is 4.18. The lowest BCUT2D eigenvalue weighted by Crippen LogP contribution is -2.48. The van der Waals surface area contributed by atoms with E-state index in [1.165, 1.54) is 31.3 Å². The summed E-state index contributed by atoms with van der Waals surface area (Å²) in [5, 5.41) is 10.5. The molecule has 0 bridgehead atoms. The molecule has 2 heterocycles. The number of hydrogen-bond donors (Lipinski definition) is 1. The molecule has 6 rings (SSSR count). The van der Waals surface area contributed by atoms with E-state index in [2.05, 4.69) is 0 Å². The summed E-state index contributed by atoms with van der Waals surface area (Å²) >= 11 is 5.96. The number of hydrogen-bond acceptors (Lipinski definition) is 5. The molecule has 38 heavy (non-hydrogen) atoms. The van der Waals surface area contributed by atoms with E-state index in [1.54, 1.807) is 6.92 Å². The highest BCUT2D eigenvalue weighted by molar-refractivity contribution is 6.31. The van der Waals surface area contributed by atoms with Gasteiger partial charge in [0.05, 0.1) is 33.9 Å². The number of amides is 4. The van der Waals surface area contributed by atoms with Crippen molar-refractivity contribution in [2.45, 2.75) is 25.7 Å². The van der Waals surface area contributed by atoms with Gasteiger partial charge in [-0.2, -0.15) is 0 Å². The van der Waals surface area contributed by atoms with Gasteiger partial charge in [0.2, 0.25) is 23.6 Å². The second kappa shape index (κ2) is 8.20. The van der Waals surface area contributed by atoms with E-state index in [0.717, 1.165) is 21.9 Å². The smallest absolute Gasteiger partial charge is 0.241 e. The first kappa shape index (κ1) is 24.7. The minimum Gasteiger partial charge on any atom is -0.505 e. The van der Waals surface area contributed by atoms with Crippen molar-refractivity contribution in [3.05, 3.63) is 70.3 Å². The first-order valence-electron chi connectivity index (χ1n) is 12.3. The standard InChI is InChI=1S/C28H23ClF2N2O5/c1-28-17(25(36)33(27(28)38)12-6-9-19(30)18(29)10-12)11-16-13(22(28)15-4-3-5-20(31)23(15)34)7-8-14-21(16)26(37)32(2)24(14)35/h3-7,9-10,14,16-17,21-22,34H,8,11H2,1-2H3. The van der Waals surface area contributed by atoms with Crippen LogP contribution in [0, 0.1) is 40.7 Å². The monoisotopic (exact) mass is 540 g/mol. The first-order valence-corrected chi connectivity index (χ1v) is 12.7. The van der Waals surface area contributed by atoms with Gasteiger partial charge in [-0.15, -0.1) is 0 Å². The molecule has 2 aliphatic carbocycles. The number of imide groups is 2. The molecule has 10 heteroatoms. The molecule has 2 aromatic rings. The van der Waals surface area contributed by atoms with Gasteiger partial charge in [0.1, 0.15) is 5.82 Å². The van der Waals surface area contributed by atoms with E-state index in [-0.39, 0.29) is 40.9 Å². The Kier molecular flexibility index (Phi) is 5.34. The summed E-state index contributed by atoms with van der Waals surface area (Å²) in [4.78, 5) is 56.1. The SMILES string of the molecule is CN1C(=O)C2CC=C3C(CC4C(=O)N(c5ccc(F)c(Cl)c5)C(=O)C4(C)C3c3cccc(F)c3O)C2C1=O. The van der Waals surface area contributed by atoms with Gasteiger partial charge < -0.3 is 5.11 Å². The zero-order valence-corrected chi connectivity index (χ0v) is 21.2. The van der Waals surface area contributed by atoms with Crippen LogP contribution in [0.2, 0.25) is 5.02 Å². The van der Waals surface area contributed by atoms with Crippen LogP contribution in [0.5, 0.6) is 5.75 Å². The molecular weight excluding hydrogens is 518 g/mol. The minimum atomic E-state index is -1.46. The normalized spacial score (nSPS) is 32.3. The number of phenolic OH excluding ortho intramolecular Hbond substituents is 1. The van der Waals surface area contributed by atoms with Crippen LogP contribution in [0.3, 0.4) is 0 Å². The molecule has 3 fully saturated rings. The topological polar surface area (TPSA) is 95.0 Å². The van der Waals surface area contributed by atoms with Gasteiger partial charge in [-0.1, -0.05) is 35.4 Å². The first-order chi connectivity index (χ1) is 18.0. The molecule has 2 aliphatic heterocycles. The lowest BCUT2D eigenvalue weighted by Gasteiger charge is -2.49. The van der Waals surface area contributed by atoms with Crippen molar-refractivity contribution < 1.29 is 33.1 Å². The Labute approximate surface area is 221 Å². The maximum absolute atomic E-state index is 14.6. The van der Waals surface area contributed by atoms with Crippen LogP contribution < -0.4 is 4.90 Å². The van der Waals surface area contributed by atoms with Crippen LogP contribution in [-0.2, 0) is 19.2 Å². The number of nitrogens with zero attached hydrogens (tertiary/aromatic N) is 2. The van der Waals surface area contributed by atoms with Crippen molar-refractivity contribution in [1.29, 1.82) is 0 Å². The predicted molar refractivity (Wildman–Crippen MR) is 132 cm³/mol. The van der Waals surface area contributed by atoms with Gasteiger partial charge in [0.25, 0.3) is 0 Å². The molecule has 4 amide bonds. The zero-order valence-electron chi connectivity index (χ0n) is 20.5. The average molecular weight is 541 g/mol. The number of anilines is 1. The zero-order chi connectivity index (χ0) is 27.3. The Hall–Kier alpha value is -3.59. The summed E-state index contributed by atoms with van der Waals surface area (Å²) in [7, 11) is 1.43. The summed E-state index contributed by atoms with van der Waals surface area (Å²) in [5.41, 5.74) is -0.624. The highest BCUT2D eigenvalue weighted by atomic mass is 35.5. The molecular formula is C28H23ClF2N2O5. The van der Waals surface area contributed by atoms with Crippen molar-refractivity contribution in [1.82, 2.24) is 4.90 Å². The second-order valence-corrected chi connectivity index (χ2v) is 11.1. The highest BCUT2D eigenvalue weighted by Gasteiger charge is 2.67. The van der Waals surface area contributed by atoms with E-state index in [4.69, 9.17) is 11.6 Å². The summed E-state index contributed by atoms with van der Waals surface area (Å²) in [5.74, 6) is -7.87. The van der Waals surface area contributed by atoms with Gasteiger partial charge in [-0.25, -0.2) is 13.7 Å². The maximum Gasteiger partial charge on any atom is 0.241 e. The van der Waals surface area contributed by atoms with Gasteiger partial charge in [0.15, 0.2) is 11.6 Å². The van der Waals surface area contributed by atoms with Crippen LogP contribution in [0.15, 0.2) is 48.0 Å². The van der Waals surface area contributed by atoms with Crippen LogP contribution in [0.4, 0.5) is 14.5 Å². The van der Waals surface area contributed by atoms with Crippen molar-refractivity contribution in [2.24, 2.45) is 29.1 Å². The van der Waals surface area contributed by atoms with Gasteiger partial charge in [-0.05, 0) is 49.9 Å². The average Bonchev–Trinajstić information content (AvgIpc) is 3.23. The van der Waals surface area contributed by atoms with E-state index in [1.807, 2.05) is 6.08 Å². The number of para-hydroxylation sites is 1. The Morgan fingerprint density at radius 2 is 1.74 bits per heavy atom. The molecule has 6 atom stereocenters. The van der Waals surface area contributed by atoms with E-state index in [9.17, 15) is 33.1 Å². The van der Waals surface area contributed by atoms with Crippen molar-refractivity contribution in [3.8, 4) is 5.75 Å². The number of fused-ring (bicyclic) bond motifs is 4. The fraction of sp³-hybridized carbons (Fsp3) is 0.357. The number of benzene rings is 2. The fourth-order valence-electron chi connectivity index (χ4n) is 7.15. The number of likely N-dealkylation sites (tertiary alicyclic amines) is 1. The number of aromatic hydroxyl groups is 1. The molecule has 4 aliphatic rings. The third-order valence-corrected chi connectivity index (χ3v) is 9.28. The lowest BCUT2D eigenvalue weighted by atomic mass is 9.51. The van der Waals surface area contributed by atoms with Gasteiger partial charge in [0, 0.05) is 18.5 Å². The molecule has 1 saturated carbocycles. The Balaban J connectivity index is 1.56. The van der Waals surface area contributed by atoms with Crippen molar-refractivity contribution in [3.63, 3.8) is 0 Å². The number of carbonyl (C=O) groups is 4. The van der Waals surface area contributed by atoms with Crippen molar-refractivity contribution >= 4 is 40.9 Å². The fourth-order valence-corrected chi connectivity index (χ4v) is 7.33. The van der Waals surface area contributed by atoms with Gasteiger partial charge in [-0.3, -0.25) is 24.1 Å². The van der Waals surface area contributed by atoms with Crippen LogP contribution >= 0.6 is 11.6 Å². The number of halogens is 3.